The van der Waals surface area contributed by atoms with E-state index in [0.717, 1.165) is 13.0 Å². The van der Waals surface area contributed by atoms with Gasteiger partial charge in [-0.1, -0.05) is 6.42 Å². The van der Waals surface area contributed by atoms with Gasteiger partial charge in [0.05, 0.1) is 12.6 Å². The zero-order valence-corrected chi connectivity index (χ0v) is 9.56. The molecule has 1 saturated heterocycles. The van der Waals surface area contributed by atoms with Gasteiger partial charge in [-0.3, -0.25) is 4.79 Å². The largest absolute Gasteiger partial charge is 0.479 e. The van der Waals surface area contributed by atoms with Crippen LogP contribution >= 0.6 is 0 Å². The molecule has 6 nitrogen and oxygen atoms in total. The zero-order chi connectivity index (χ0) is 12.4. The lowest BCUT2D eigenvalue weighted by molar-refractivity contribution is -0.146. The van der Waals surface area contributed by atoms with Crippen molar-refractivity contribution >= 4 is 11.9 Å². The molecule has 0 radical (unpaired) electrons. The van der Waals surface area contributed by atoms with Crippen molar-refractivity contribution in [3.63, 3.8) is 0 Å². The van der Waals surface area contributed by atoms with E-state index in [-0.39, 0.29) is 18.5 Å². The molecule has 2 fully saturated rings. The molecule has 1 aliphatic heterocycles. The lowest BCUT2D eigenvalue weighted by Gasteiger charge is -2.18. The Hall–Kier alpha value is -1.14. The van der Waals surface area contributed by atoms with Crippen LogP contribution in [0.1, 0.15) is 19.3 Å². The zero-order valence-electron chi connectivity index (χ0n) is 9.56. The van der Waals surface area contributed by atoms with Gasteiger partial charge in [0.2, 0.25) is 5.91 Å². The molecule has 1 saturated carbocycles. The van der Waals surface area contributed by atoms with E-state index in [1.54, 1.807) is 0 Å². The van der Waals surface area contributed by atoms with E-state index in [2.05, 4.69) is 10.6 Å². The molecule has 0 aromatic heterocycles. The average molecular weight is 242 g/mol. The van der Waals surface area contributed by atoms with Crippen LogP contribution in [0.5, 0.6) is 0 Å². The molecule has 17 heavy (non-hydrogen) atoms. The van der Waals surface area contributed by atoms with E-state index in [9.17, 15) is 9.59 Å². The number of carbonyl (C=O) groups excluding carboxylic acids is 1. The van der Waals surface area contributed by atoms with Gasteiger partial charge in [0.1, 0.15) is 0 Å². The summed E-state index contributed by atoms with van der Waals surface area (Å²) >= 11 is 0. The number of hydrogen-bond acceptors (Lipinski definition) is 4. The van der Waals surface area contributed by atoms with Crippen molar-refractivity contribution < 1.29 is 19.8 Å². The first-order valence-corrected chi connectivity index (χ1v) is 6.01. The number of amides is 1. The quantitative estimate of drug-likeness (QED) is 0.503. The van der Waals surface area contributed by atoms with Gasteiger partial charge in [-0.15, -0.1) is 0 Å². The molecule has 0 aromatic rings. The summed E-state index contributed by atoms with van der Waals surface area (Å²) in [7, 11) is 0. The van der Waals surface area contributed by atoms with Crippen LogP contribution in [0.4, 0.5) is 0 Å². The molecule has 4 N–H and O–H groups in total. The molecule has 4 atom stereocenters. The molecule has 2 rings (SSSR count). The van der Waals surface area contributed by atoms with E-state index in [4.69, 9.17) is 10.2 Å². The number of aliphatic carboxylic acids is 1. The number of fused-ring (bicyclic) bond motifs is 1. The second-order valence-corrected chi connectivity index (χ2v) is 4.84. The van der Waals surface area contributed by atoms with Crippen LogP contribution in [-0.2, 0) is 9.59 Å². The lowest BCUT2D eigenvalue weighted by Crippen LogP contribution is -2.47. The second-order valence-electron chi connectivity index (χ2n) is 4.84. The van der Waals surface area contributed by atoms with Crippen molar-refractivity contribution in [2.24, 2.45) is 11.8 Å². The van der Waals surface area contributed by atoms with Crippen molar-refractivity contribution in [3.8, 4) is 0 Å². The number of nitrogens with one attached hydrogen (secondary N) is 2. The van der Waals surface area contributed by atoms with Gasteiger partial charge >= 0.3 is 5.97 Å². The Balaban J connectivity index is 1.82. The van der Waals surface area contributed by atoms with Gasteiger partial charge in [0.25, 0.3) is 0 Å². The summed E-state index contributed by atoms with van der Waals surface area (Å²) in [6.07, 6.45) is 1.86. The highest BCUT2D eigenvalue weighted by atomic mass is 16.4. The Morgan fingerprint density at radius 1 is 1.41 bits per heavy atom. The van der Waals surface area contributed by atoms with Crippen molar-refractivity contribution in [3.05, 3.63) is 0 Å². The molecule has 3 unspecified atom stereocenters. The molecular formula is C11H18N2O4. The highest BCUT2D eigenvalue weighted by Crippen LogP contribution is 2.37. The Bertz CT molecular complexity index is 321. The summed E-state index contributed by atoms with van der Waals surface area (Å²) in [5.41, 5.74) is 0. The summed E-state index contributed by atoms with van der Waals surface area (Å²) in [5.74, 6) is -0.560. The number of carboxylic acids is 1. The maximum Gasteiger partial charge on any atom is 0.334 e. The third-order valence-electron chi connectivity index (χ3n) is 3.78. The normalized spacial score (nSPS) is 33.1. The van der Waals surface area contributed by atoms with Gasteiger partial charge in [-0.05, 0) is 31.2 Å². The maximum absolute atomic E-state index is 11.8. The Labute approximate surface area is 99.4 Å². The summed E-state index contributed by atoms with van der Waals surface area (Å²) in [4.78, 5) is 22.2. The van der Waals surface area contributed by atoms with Gasteiger partial charge < -0.3 is 20.8 Å². The summed E-state index contributed by atoms with van der Waals surface area (Å²) in [5, 5.41) is 23.2. The van der Waals surface area contributed by atoms with Gasteiger partial charge in [0, 0.05) is 0 Å². The fourth-order valence-electron chi connectivity index (χ4n) is 2.87. The minimum Gasteiger partial charge on any atom is -0.479 e. The second kappa shape index (κ2) is 5.01. The number of carbonyl (C=O) groups is 2. The predicted octanol–water partition coefficient (Wildman–Crippen LogP) is -1.06. The molecule has 2 aliphatic rings. The fourth-order valence-corrected chi connectivity index (χ4v) is 2.87. The SMILES string of the molecule is O=C(NC[C@H](O)C(=O)O)C1NCC2CCCC21. The fraction of sp³-hybridized carbons (Fsp3) is 0.818. The lowest BCUT2D eigenvalue weighted by atomic mass is 9.93. The molecule has 0 bridgehead atoms. The van der Waals surface area contributed by atoms with E-state index in [0.29, 0.717) is 11.8 Å². The minimum atomic E-state index is -1.53. The van der Waals surface area contributed by atoms with E-state index >= 15 is 0 Å². The summed E-state index contributed by atoms with van der Waals surface area (Å²) in [6.45, 7) is 0.633. The molecule has 6 heteroatoms. The summed E-state index contributed by atoms with van der Waals surface area (Å²) < 4.78 is 0. The number of aliphatic hydroxyl groups is 1. The number of hydrogen-bond donors (Lipinski definition) is 4. The van der Waals surface area contributed by atoms with E-state index in [1.165, 1.54) is 12.8 Å². The Kier molecular flexibility index (Phi) is 3.63. The smallest absolute Gasteiger partial charge is 0.334 e. The highest BCUT2D eigenvalue weighted by Gasteiger charge is 2.42. The van der Waals surface area contributed by atoms with Crippen LogP contribution < -0.4 is 10.6 Å². The Morgan fingerprint density at radius 3 is 2.88 bits per heavy atom. The highest BCUT2D eigenvalue weighted by molar-refractivity contribution is 5.83. The van der Waals surface area contributed by atoms with Crippen LogP contribution in [0, 0.1) is 11.8 Å². The van der Waals surface area contributed by atoms with Crippen molar-refractivity contribution in [1.82, 2.24) is 10.6 Å². The topological polar surface area (TPSA) is 98.7 Å². The first-order chi connectivity index (χ1) is 8.09. The summed E-state index contributed by atoms with van der Waals surface area (Å²) in [6, 6.07) is -0.219. The van der Waals surface area contributed by atoms with E-state index in [1.807, 2.05) is 0 Å². The van der Waals surface area contributed by atoms with Gasteiger partial charge in [-0.25, -0.2) is 4.79 Å². The Morgan fingerprint density at radius 2 is 2.18 bits per heavy atom. The molecule has 0 spiro atoms. The minimum absolute atomic E-state index is 0.195. The molecule has 1 aliphatic carbocycles. The van der Waals surface area contributed by atoms with Crippen LogP contribution in [-0.4, -0.2) is 47.3 Å². The molecule has 1 heterocycles. The van der Waals surface area contributed by atoms with Crippen LogP contribution in [0.3, 0.4) is 0 Å². The van der Waals surface area contributed by atoms with Crippen LogP contribution in [0.25, 0.3) is 0 Å². The molecule has 0 aromatic carbocycles. The first kappa shape index (κ1) is 12.3. The number of aliphatic hydroxyl groups excluding tert-OH is 1. The third-order valence-corrected chi connectivity index (χ3v) is 3.78. The van der Waals surface area contributed by atoms with Crippen molar-refractivity contribution in [2.75, 3.05) is 13.1 Å². The first-order valence-electron chi connectivity index (χ1n) is 6.01. The number of carboxylic acid groups (broad SMARTS) is 1. The monoisotopic (exact) mass is 242 g/mol. The van der Waals surface area contributed by atoms with Gasteiger partial charge in [-0.2, -0.15) is 0 Å². The molecule has 1 amide bonds. The van der Waals surface area contributed by atoms with Crippen molar-refractivity contribution in [2.45, 2.75) is 31.4 Å². The number of rotatable bonds is 4. The molecular weight excluding hydrogens is 224 g/mol. The average Bonchev–Trinajstić information content (AvgIpc) is 2.86. The van der Waals surface area contributed by atoms with Crippen molar-refractivity contribution in [1.29, 1.82) is 0 Å². The third kappa shape index (κ3) is 2.58. The van der Waals surface area contributed by atoms with Crippen LogP contribution in [0.15, 0.2) is 0 Å². The molecule has 96 valence electrons. The maximum atomic E-state index is 11.8. The van der Waals surface area contributed by atoms with E-state index < -0.39 is 12.1 Å². The standard InChI is InChI=1S/C11H18N2O4/c14-8(11(16)17)5-13-10(15)9-7-3-1-2-6(7)4-12-9/h6-9,12,14H,1-5H2,(H,13,15)(H,16,17)/t6?,7?,8-,9?/m0/s1. The van der Waals surface area contributed by atoms with Crippen LogP contribution in [0.2, 0.25) is 0 Å². The predicted molar refractivity (Wildman–Crippen MR) is 59.3 cm³/mol. The van der Waals surface area contributed by atoms with Gasteiger partial charge in [0.15, 0.2) is 6.10 Å².